The largest absolute Gasteiger partial charge is 0.419 e. The third-order valence-electron chi connectivity index (χ3n) is 8.30. The molecule has 3 aromatic rings. The summed E-state index contributed by atoms with van der Waals surface area (Å²) in [6.07, 6.45) is 11.6. The van der Waals surface area contributed by atoms with E-state index < -0.39 is 0 Å². The van der Waals surface area contributed by atoms with Gasteiger partial charge in [-0.2, -0.15) is 5.10 Å². The van der Waals surface area contributed by atoms with Crippen molar-refractivity contribution in [3.05, 3.63) is 18.0 Å². The first kappa shape index (κ1) is 23.9. The molecule has 3 aliphatic heterocycles. The lowest BCUT2D eigenvalue weighted by atomic mass is 10.1. The summed E-state index contributed by atoms with van der Waals surface area (Å²) >= 11 is 0. The summed E-state index contributed by atoms with van der Waals surface area (Å²) in [5, 5.41) is 14.6. The van der Waals surface area contributed by atoms with Crippen LogP contribution in [0.3, 0.4) is 0 Å². The Morgan fingerprint density at radius 2 is 1.56 bits per heavy atom. The third kappa shape index (κ3) is 5.13. The van der Waals surface area contributed by atoms with Crippen molar-refractivity contribution in [3.8, 4) is 11.6 Å². The highest BCUT2D eigenvalue weighted by molar-refractivity contribution is 5.89. The molecule has 1 unspecified atom stereocenters. The molecule has 0 bridgehead atoms. The molecule has 3 fully saturated rings. The van der Waals surface area contributed by atoms with Crippen molar-refractivity contribution in [2.75, 3.05) is 57.3 Å². The molecule has 1 atom stereocenters. The second kappa shape index (κ2) is 10.8. The van der Waals surface area contributed by atoms with Crippen LogP contribution in [0.1, 0.15) is 69.6 Å². The number of aryl methyl sites for hydroxylation is 1. The van der Waals surface area contributed by atoms with Gasteiger partial charge in [-0.05, 0) is 63.9 Å². The van der Waals surface area contributed by atoms with Crippen molar-refractivity contribution in [2.24, 2.45) is 7.05 Å². The number of anilines is 1. The quantitative estimate of drug-likeness (QED) is 0.510. The topological polar surface area (TPSA) is 79.4 Å². The Labute approximate surface area is 213 Å². The van der Waals surface area contributed by atoms with Gasteiger partial charge in [0, 0.05) is 39.8 Å². The Morgan fingerprint density at radius 1 is 0.833 bits per heavy atom. The van der Waals surface area contributed by atoms with Gasteiger partial charge in [-0.1, -0.05) is 25.7 Å². The van der Waals surface area contributed by atoms with Crippen molar-refractivity contribution in [3.63, 3.8) is 0 Å². The smallest absolute Gasteiger partial charge is 0.268 e. The minimum atomic E-state index is 0.305. The van der Waals surface area contributed by atoms with E-state index in [1.54, 1.807) is 0 Å². The van der Waals surface area contributed by atoms with Crippen LogP contribution in [0, 0.1) is 0 Å². The Kier molecular flexibility index (Phi) is 7.19. The first-order valence-corrected chi connectivity index (χ1v) is 14.1. The number of aromatic nitrogens is 5. The second-order valence-corrected chi connectivity index (χ2v) is 10.9. The maximum atomic E-state index is 6.22. The maximum Gasteiger partial charge on any atom is 0.268 e. The van der Waals surface area contributed by atoms with E-state index in [-0.39, 0.29) is 0 Å². The number of pyridine rings is 1. The lowest BCUT2D eigenvalue weighted by Crippen LogP contribution is -2.37. The number of piperidine rings is 1. The van der Waals surface area contributed by atoms with E-state index in [0.29, 0.717) is 11.8 Å². The fourth-order valence-corrected chi connectivity index (χ4v) is 6.13. The van der Waals surface area contributed by atoms with Gasteiger partial charge < -0.3 is 19.1 Å². The van der Waals surface area contributed by atoms with Gasteiger partial charge in [0.1, 0.15) is 5.82 Å². The standard InChI is InChI=1S/C27H40N8O/c1-32-25-22(10-11-23(28-25)35-15-8-3-2-4-9-16-35)24(31-32)27-30-29-26(36-27)21-12-17-34(20-21)19-18-33-13-6-5-7-14-33/h10-11,21H,2-9,12-20H2,1H3. The SMILES string of the molecule is Cn1nc(-c2nnc(C3CCN(CCN4CCCCC4)C3)o2)c2ccc(N3CCCCCCC3)nc21. The first-order chi connectivity index (χ1) is 17.7. The molecule has 6 heterocycles. The number of hydrogen-bond acceptors (Lipinski definition) is 8. The van der Waals surface area contributed by atoms with Crippen LogP contribution in [0.5, 0.6) is 0 Å². The fraction of sp³-hybridized carbons (Fsp3) is 0.704. The van der Waals surface area contributed by atoms with Crippen molar-refractivity contribution in [2.45, 2.75) is 63.7 Å². The van der Waals surface area contributed by atoms with E-state index in [1.165, 1.54) is 71.0 Å². The van der Waals surface area contributed by atoms with Gasteiger partial charge in [-0.3, -0.25) is 0 Å². The Balaban J connectivity index is 1.13. The van der Waals surface area contributed by atoms with Crippen LogP contribution in [-0.2, 0) is 7.05 Å². The van der Waals surface area contributed by atoms with Crippen LogP contribution in [0.15, 0.2) is 16.5 Å². The molecule has 36 heavy (non-hydrogen) atoms. The van der Waals surface area contributed by atoms with Crippen molar-refractivity contribution >= 4 is 16.9 Å². The maximum absolute atomic E-state index is 6.22. The zero-order valence-electron chi connectivity index (χ0n) is 21.7. The summed E-state index contributed by atoms with van der Waals surface area (Å²) in [6.45, 7) is 9.08. The average molecular weight is 493 g/mol. The Morgan fingerprint density at radius 3 is 2.39 bits per heavy atom. The van der Waals surface area contributed by atoms with Crippen molar-refractivity contribution in [1.29, 1.82) is 0 Å². The van der Waals surface area contributed by atoms with Crippen molar-refractivity contribution < 1.29 is 4.42 Å². The molecular weight excluding hydrogens is 452 g/mol. The molecule has 9 heteroatoms. The van der Waals surface area contributed by atoms with Crippen LogP contribution >= 0.6 is 0 Å². The Hall–Kier alpha value is -2.52. The van der Waals surface area contributed by atoms with Gasteiger partial charge in [-0.15, -0.1) is 10.2 Å². The fourth-order valence-electron chi connectivity index (χ4n) is 6.13. The molecule has 0 aromatic carbocycles. The highest BCUT2D eigenvalue weighted by Gasteiger charge is 2.29. The van der Waals surface area contributed by atoms with Crippen LogP contribution < -0.4 is 4.90 Å². The van der Waals surface area contributed by atoms with Crippen LogP contribution in [0.2, 0.25) is 0 Å². The molecule has 0 amide bonds. The molecule has 0 N–H and O–H groups in total. The first-order valence-electron chi connectivity index (χ1n) is 14.1. The van der Waals surface area contributed by atoms with Crippen LogP contribution in [0.25, 0.3) is 22.6 Å². The van der Waals surface area contributed by atoms with Gasteiger partial charge in [0.25, 0.3) is 5.89 Å². The minimum absolute atomic E-state index is 0.305. The molecule has 6 rings (SSSR count). The third-order valence-corrected chi connectivity index (χ3v) is 8.30. The van der Waals surface area contributed by atoms with E-state index in [2.05, 4.69) is 37.0 Å². The molecule has 0 saturated carbocycles. The van der Waals surface area contributed by atoms with Crippen LogP contribution in [0.4, 0.5) is 5.82 Å². The summed E-state index contributed by atoms with van der Waals surface area (Å²) in [5.74, 6) is 2.60. The van der Waals surface area contributed by atoms with Crippen molar-refractivity contribution in [1.82, 2.24) is 34.8 Å². The summed E-state index contributed by atoms with van der Waals surface area (Å²) < 4.78 is 8.07. The number of nitrogens with zero attached hydrogens (tertiary/aromatic N) is 8. The zero-order chi connectivity index (χ0) is 24.3. The number of rotatable bonds is 6. The molecule has 3 saturated heterocycles. The summed E-state index contributed by atoms with van der Waals surface area (Å²) in [6, 6.07) is 4.25. The molecule has 0 radical (unpaired) electrons. The Bertz CT molecular complexity index is 1140. The van der Waals surface area contributed by atoms with E-state index in [0.717, 1.165) is 67.6 Å². The second-order valence-electron chi connectivity index (χ2n) is 10.9. The van der Waals surface area contributed by atoms with E-state index in [1.807, 2.05) is 11.7 Å². The minimum Gasteiger partial charge on any atom is -0.419 e. The van der Waals surface area contributed by atoms with Crippen LogP contribution in [-0.4, -0.2) is 87.1 Å². The molecule has 0 spiro atoms. The zero-order valence-corrected chi connectivity index (χ0v) is 21.7. The number of fused-ring (bicyclic) bond motifs is 1. The van der Waals surface area contributed by atoms with E-state index in [9.17, 15) is 0 Å². The molecular formula is C27H40N8O. The summed E-state index contributed by atoms with van der Waals surface area (Å²) in [7, 11) is 1.95. The number of hydrogen-bond donors (Lipinski definition) is 0. The normalized spacial score (nSPS) is 22.8. The van der Waals surface area contributed by atoms with E-state index in [4.69, 9.17) is 14.5 Å². The van der Waals surface area contributed by atoms with Gasteiger partial charge in [0.2, 0.25) is 5.89 Å². The highest BCUT2D eigenvalue weighted by atomic mass is 16.4. The predicted octanol–water partition coefficient (Wildman–Crippen LogP) is 4.06. The summed E-state index contributed by atoms with van der Waals surface area (Å²) in [4.78, 5) is 12.6. The van der Waals surface area contributed by atoms with Gasteiger partial charge in [0.15, 0.2) is 11.3 Å². The van der Waals surface area contributed by atoms with Gasteiger partial charge >= 0.3 is 0 Å². The molecule has 3 aromatic heterocycles. The number of likely N-dealkylation sites (tertiary alicyclic amines) is 2. The molecule has 0 aliphatic carbocycles. The van der Waals surface area contributed by atoms with E-state index >= 15 is 0 Å². The molecule has 3 aliphatic rings. The summed E-state index contributed by atoms with van der Waals surface area (Å²) in [5.41, 5.74) is 1.60. The highest BCUT2D eigenvalue weighted by Crippen LogP contribution is 2.32. The lowest BCUT2D eigenvalue weighted by Gasteiger charge is -2.28. The van der Waals surface area contributed by atoms with Gasteiger partial charge in [0.05, 0.1) is 11.3 Å². The predicted molar refractivity (Wildman–Crippen MR) is 141 cm³/mol. The average Bonchev–Trinajstić information content (AvgIpc) is 3.62. The van der Waals surface area contributed by atoms with Gasteiger partial charge in [-0.25, -0.2) is 9.67 Å². The molecule has 194 valence electrons. The monoisotopic (exact) mass is 492 g/mol. The molecule has 9 nitrogen and oxygen atoms in total. The lowest BCUT2D eigenvalue weighted by molar-refractivity contribution is 0.195.